The third-order valence-electron chi connectivity index (χ3n) is 6.76. The van der Waals surface area contributed by atoms with Crippen LogP contribution in [0.25, 0.3) is 0 Å². The molecule has 0 saturated heterocycles. The summed E-state index contributed by atoms with van der Waals surface area (Å²) in [5.41, 5.74) is 0. The minimum Gasteiger partial charge on any atom is -0.457 e. The second kappa shape index (κ2) is 24.9. The molecule has 5 N–H and O–H groups in total. The van der Waals surface area contributed by atoms with E-state index in [-0.39, 0.29) is 6.42 Å². The van der Waals surface area contributed by atoms with Gasteiger partial charge in [-0.3, -0.25) is 4.79 Å². The average Bonchev–Trinajstić information content (AvgIpc) is 2.87. The summed E-state index contributed by atoms with van der Waals surface area (Å²) in [6, 6.07) is 0. The highest BCUT2D eigenvalue weighted by atomic mass is 16.6. The van der Waals surface area contributed by atoms with E-state index < -0.39 is 43.6 Å². The highest BCUT2D eigenvalue weighted by Gasteiger charge is 2.33. The van der Waals surface area contributed by atoms with Crippen LogP contribution >= 0.6 is 0 Å². The van der Waals surface area contributed by atoms with E-state index >= 15 is 0 Å². The lowest BCUT2D eigenvalue weighted by molar-refractivity contribution is -0.171. The van der Waals surface area contributed by atoms with Crippen LogP contribution in [0.1, 0.15) is 135 Å². The fraction of sp³-hybridized carbons (Fsp3) is 0.964. The smallest absolute Gasteiger partial charge is 0.306 e. The number of aliphatic hydroxyl groups excluding tert-OH is 5. The molecule has 0 aromatic rings. The van der Waals surface area contributed by atoms with Crippen LogP contribution in [0.15, 0.2) is 0 Å². The lowest BCUT2D eigenvalue weighted by Gasteiger charge is -2.27. The first-order valence-electron chi connectivity index (χ1n) is 14.4. The number of carbonyl (C=O) groups is 1. The van der Waals surface area contributed by atoms with Crippen molar-refractivity contribution in [3.8, 4) is 0 Å². The summed E-state index contributed by atoms with van der Waals surface area (Å²) in [5, 5.41) is 47.1. The van der Waals surface area contributed by atoms with Gasteiger partial charge in [-0.15, -0.1) is 0 Å². The van der Waals surface area contributed by atoms with Gasteiger partial charge in [0.1, 0.15) is 18.3 Å². The predicted octanol–water partition coefficient (Wildman–Crippen LogP) is 4.79. The van der Waals surface area contributed by atoms with E-state index in [1.54, 1.807) is 0 Å². The van der Waals surface area contributed by atoms with Gasteiger partial charge in [0, 0.05) is 6.42 Å². The molecule has 0 radical (unpaired) electrons. The minimum absolute atomic E-state index is 0.181. The molecule has 4 atom stereocenters. The van der Waals surface area contributed by atoms with E-state index in [0.717, 1.165) is 19.3 Å². The van der Waals surface area contributed by atoms with Gasteiger partial charge in [-0.05, 0) is 6.42 Å². The Hall–Kier alpha value is -0.730. The number of aliphatic hydroxyl groups is 5. The molecule has 0 heterocycles. The van der Waals surface area contributed by atoms with Gasteiger partial charge in [0.2, 0.25) is 0 Å². The number of hydrogen-bond acceptors (Lipinski definition) is 7. The average molecular weight is 505 g/mol. The second-order valence-corrected chi connectivity index (χ2v) is 10.1. The zero-order valence-electron chi connectivity index (χ0n) is 22.4. The van der Waals surface area contributed by atoms with Gasteiger partial charge >= 0.3 is 5.97 Å². The summed E-state index contributed by atoms with van der Waals surface area (Å²) in [7, 11) is 0. The molecular weight excluding hydrogens is 448 g/mol. The molecule has 0 aliphatic heterocycles. The van der Waals surface area contributed by atoms with Gasteiger partial charge in [0.05, 0.1) is 13.2 Å². The Labute approximate surface area is 214 Å². The molecule has 0 aliphatic carbocycles. The first kappa shape index (κ1) is 34.3. The SMILES string of the molecule is CCCCCCCCCCCCCCCCCCCCCC(=O)O[C@@H](CO)[C@H](O)[C@@H](O)[C@@H](O)CO. The third kappa shape index (κ3) is 20.1. The summed E-state index contributed by atoms with van der Waals surface area (Å²) in [4.78, 5) is 11.9. The van der Waals surface area contributed by atoms with Crippen molar-refractivity contribution in [1.82, 2.24) is 0 Å². The molecule has 0 aromatic carbocycles. The fourth-order valence-electron chi connectivity index (χ4n) is 4.35. The Morgan fingerprint density at radius 1 is 0.571 bits per heavy atom. The molecule has 0 aromatic heterocycles. The summed E-state index contributed by atoms with van der Waals surface area (Å²) in [6.45, 7) is 0.840. The normalized spacial score (nSPS) is 15.0. The van der Waals surface area contributed by atoms with Crippen molar-refractivity contribution < 1.29 is 35.1 Å². The van der Waals surface area contributed by atoms with Crippen molar-refractivity contribution in [2.45, 2.75) is 160 Å². The van der Waals surface area contributed by atoms with Crippen molar-refractivity contribution in [1.29, 1.82) is 0 Å². The molecule has 0 amide bonds. The molecule has 7 nitrogen and oxygen atoms in total. The first-order valence-corrected chi connectivity index (χ1v) is 14.4. The van der Waals surface area contributed by atoms with E-state index in [1.165, 1.54) is 96.3 Å². The zero-order valence-corrected chi connectivity index (χ0v) is 22.4. The maximum atomic E-state index is 11.9. The standard InChI is InChI=1S/C28H56O7/c1-2-3-4-5-6-7-8-9-10-11-12-13-14-15-16-17-18-19-20-21-26(32)35-25(23-30)28(34)27(33)24(31)22-29/h24-25,27-31,33-34H,2-23H2,1H3/t24-,25-,27-,28-/m0/s1. The molecule has 35 heavy (non-hydrogen) atoms. The summed E-state index contributed by atoms with van der Waals surface area (Å²) in [5.74, 6) is -0.555. The first-order chi connectivity index (χ1) is 17.0. The van der Waals surface area contributed by atoms with Crippen molar-refractivity contribution in [3.63, 3.8) is 0 Å². The Morgan fingerprint density at radius 2 is 0.943 bits per heavy atom. The van der Waals surface area contributed by atoms with Crippen LogP contribution < -0.4 is 0 Å². The number of hydrogen-bond donors (Lipinski definition) is 5. The molecule has 0 aliphatic rings. The van der Waals surface area contributed by atoms with E-state index in [1.807, 2.05) is 0 Å². The van der Waals surface area contributed by atoms with E-state index in [9.17, 15) is 25.2 Å². The summed E-state index contributed by atoms with van der Waals surface area (Å²) >= 11 is 0. The predicted molar refractivity (Wildman–Crippen MR) is 140 cm³/mol. The van der Waals surface area contributed by atoms with E-state index in [4.69, 9.17) is 9.84 Å². The number of rotatable bonds is 26. The van der Waals surface area contributed by atoms with Crippen molar-refractivity contribution in [2.75, 3.05) is 13.2 Å². The zero-order chi connectivity index (χ0) is 26.2. The lowest BCUT2D eigenvalue weighted by atomic mass is 10.0. The maximum Gasteiger partial charge on any atom is 0.306 e. The van der Waals surface area contributed by atoms with Crippen molar-refractivity contribution >= 4 is 5.97 Å². The lowest BCUT2D eigenvalue weighted by Crippen LogP contribution is -2.48. The fourth-order valence-corrected chi connectivity index (χ4v) is 4.35. The third-order valence-corrected chi connectivity index (χ3v) is 6.76. The highest BCUT2D eigenvalue weighted by Crippen LogP contribution is 2.15. The number of esters is 1. The van der Waals surface area contributed by atoms with Gasteiger partial charge < -0.3 is 30.3 Å². The molecule has 0 bridgehead atoms. The quantitative estimate of drug-likeness (QED) is 0.0846. The minimum atomic E-state index is -1.71. The Bertz CT molecular complexity index is 461. The van der Waals surface area contributed by atoms with Crippen LogP contribution in [-0.4, -0.2) is 69.1 Å². The summed E-state index contributed by atoms with van der Waals surface area (Å²) < 4.78 is 5.02. The molecule has 0 unspecified atom stereocenters. The molecular formula is C28H56O7. The number of carbonyl (C=O) groups excluding carboxylic acids is 1. The van der Waals surface area contributed by atoms with Gasteiger partial charge in [-0.2, -0.15) is 0 Å². The van der Waals surface area contributed by atoms with Crippen molar-refractivity contribution in [2.24, 2.45) is 0 Å². The Morgan fingerprint density at radius 3 is 1.29 bits per heavy atom. The van der Waals surface area contributed by atoms with Gasteiger partial charge in [0.15, 0.2) is 6.10 Å². The molecule has 0 spiro atoms. The van der Waals surface area contributed by atoms with E-state index in [0.29, 0.717) is 6.42 Å². The van der Waals surface area contributed by atoms with Crippen LogP contribution in [0.2, 0.25) is 0 Å². The van der Waals surface area contributed by atoms with Crippen LogP contribution in [0.3, 0.4) is 0 Å². The van der Waals surface area contributed by atoms with Gasteiger partial charge in [-0.1, -0.05) is 122 Å². The Balaban J connectivity index is 3.49. The molecule has 0 fully saturated rings. The van der Waals surface area contributed by atoms with Gasteiger partial charge in [0.25, 0.3) is 0 Å². The monoisotopic (exact) mass is 504 g/mol. The molecule has 0 rings (SSSR count). The topological polar surface area (TPSA) is 127 Å². The highest BCUT2D eigenvalue weighted by molar-refractivity contribution is 5.69. The molecule has 210 valence electrons. The largest absolute Gasteiger partial charge is 0.457 e. The molecule has 0 saturated carbocycles. The summed E-state index contributed by atoms with van der Waals surface area (Å²) in [6.07, 6.45) is 18.2. The van der Waals surface area contributed by atoms with Crippen LogP contribution in [0.4, 0.5) is 0 Å². The second-order valence-electron chi connectivity index (χ2n) is 10.1. The van der Waals surface area contributed by atoms with Crippen LogP contribution in [-0.2, 0) is 9.53 Å². The maximum absolute atomic E-state index is 11.9. The molecule has 7 heteroatoms. The number of ether oxygens (including phenoxy) is 1. The van der Waals surface area contributed by atoms with Gasteiger partial charge in [-0.25, -0.2) is 0 Å². The van der Waals surface area contributed by atoms with E-state index in [2.05, 4.69) is 6.92 Å². The van der Waals surface area contributed by atoms with Crippen LogP contribution in [0, 0.1) is 0 Å². The van der Waals surface area contributed by atoms with Crippen LogP contribution in [0.5, 0.6) is 0 Å². The Kier molecular flexibility index (Phi) is 24.4. The van der Waals surface area contributed by atoms with Crippen molar-refractivity contribution in [3.05, 3.63) is 0 Å². The number of unbranched alkanes of at least 4 members (excludes halogenated alkanes) is 18.